The Morgan fingerprint density at radius 2 is 2.08 bits per heavy atom. The van der Waals surface area contributed by atoms with Crippen LogP contribution < -0.4 is 14.8 Å². The van der Waals surface area contributed by atoms with Gasteiger partial charge in [-0.25, -0.2) is 9.37 Å². The second-order valence-corrected chi connectivity index (χ2v) is 6.06. The molecule has 0 spiro atoms. The van der Waals surface area contributed by atoms with Crippen molar-refractivity contribution in [3.05, 3.63) is 48.3 Å². The zero-order chi connectivity index (χ0) is 17.1. The number of ether oxygens (including phenoxy) is 2. The molecule has 0 aliphatic heterocycles. The van der Waals surface area contributed by atoms with Gasteiger partial charge in [-0.3, -0.25) is 10.1 Å². The number of hydrogen-bond acceptors (Lipinski definition) is 5. The van der Waals surface area contributed by atoms with Crippen LogP contribution in [0.2, 0.25) is 0 Å². The van der Waals surface area contributed by atoms with Crippen LogP contribution in [0.5, 0.6) is 11.5 Å². The van der Waals surface area contributed by atoms with E-state index in [2.05, 4.69) is 10.3 Å². The number of thiazole rings is 1. The lowest BCUT2D eigenvalue weighted by atomic mass is 10.3. The number of aromatic nitrogens is 1. The van der Waals surface area contributed by atoms with Gasteiger partial charge in [-0.1, -0.05) is 23.5 Å². The molecule has 1 aromatic heterocycles. The molecular weight excluding hydrogens is 331 g/mol. The van der Waals surface area contributed by atoms with Gasteiger partial charge in [0.05, 0.1) is 17.3 Å². The van der Waals surface area contributed by atoms with Gasteiger partial charge < -0.3 is 9.47 Å². The van der Waals surface area contributed by atoms with Crippen molar-refractivity contribution in [3.63, 3.8) is 0 Å². The highest BCUT2D eigenvalue weighted by Crippen LogP contribution is 2.29. The minimum atomic E-state index is -0.858. The van der Waals surface area contributed by atoms with Crippen molar-refractivity contribution in [1.82, 2.24) is 4.98 Å². The van der Waals surface area contributed by atoms with E-state index in [1.54, 1.807) is 32.2 Å². The molecule has 1 heterocycles. The van der Waals surface area contributed by atoms with E-state index in [1.165, 1.54) is 23.5 Å². The molecule has 0 aliphatic carbocycles. The number of carbonyl (C=O) groups is 1. The zero-order valence-corrected chi connectivity index (χ0v) is 13.9. The van der Waals surface area contributed by atoms with Crippen molar-refractivity contribution in [2.45, 2.75) is 13.0 Å². The number of amides is 1. The van der Waals surface area contributed by atoms with E-state index in [0.717, 1.165) is 16.0 Å². The molecule has 0 radical (unpaired) electrons. The maximum absolute atomic E-state index is 13.6. The number of nitrogens with zero attached hydrogens (tertiary/aromatic N) is 1. The number of anilines is 1. The van der Waals surface area contributed by atoms with Crippen molar-refractivity contribution in [1.29, 1.82) is 0 Å². The SMILES string of the molecule is COc1ccc2nc(NC(=O)C(C)Oc3ccccc3F)sc2c1. The molecule has 3 rings (SSSR count). The summed E-state index contributed by atoms with van der Waals surface area (Å²) in [6.07, 6.45) is -0.858. The van der Waals surface area contributed by atoms with E-state index in [4.69, 9.17) is 9.47 Å². The molecule has 7 heteroatoms. The first-order valence-corrected chi connectivity index (χ1v) is 8.05. The van der Waals surface area contributed by atoms with E-state index in [9.17, 15) is 9.18 Å². The molecule has 0 saturated carbocycles. The molecule has 0 fully saturated rings. The molecule has 5 nitrogen and oxygen atoms in total. The minimum Gasteiger partial charge on any atom is -0.497 e. The summed E-state index contributed by atoms with van der Waals surface area (Å²) in [5.74, 6) is -0.150. The summed E-state index contributed by atoms with van der Waals surface area (Å²) in [5, 5.41) is 3.14. The molecule has 0 aliphatic rings. The maximum Gasteiger partial charge on any atom is 0.266 e. The number of nitrogens with one attached hydrogen (secondary N) is 1. The van der Waals surface area contributed by atoms with E-state index in [-0.39, 0.29) is 5.75 Å². The van der Waals surface area contributed by atoms with Crippen molar-refractivity contribution in [3.8, 4) is 11.5 Å². The Kier molecular flexibility index (Phi) is 4.61. The molecule has 1 N–H and O–H groups in total. The van der Waals surface area contributed by atoms with Crippen LogP contribution in [0.25, 0.3) is 10.2 Å². The third-order valence-electron chi connectivity index (χ3n) is 3.34. The van der Waals surface area contributed by atoms with Crippen molar-refractivity contribution >= 4 is 32.6 Å². The Morgan fingerprint density at radius 1 is 1.29 bits per heavy atom. The lowest BCUT2D eigenvalue weighted by Gasteiger charge is -2.13. The smallest absolute Gasteiger partial charge is 0.266 e. The average molecular weight is 346 g/mol. The second kappa shape index (κ2) is 6.84. The number of para-hydroxylation sites is 1. The number of methoxy groups -OCH3 is 1. The predicted molar refractivity (Wildman–Crippen MR) is 91.3 cm³/mol. The molecule has 2 aromatic carbocycles. The summed E-state index contributed by atoms with van der Waals surface area (Å²) >= 11 is 1.33. The quantitative estimate of drug-likeness (QED) is 0.762. The molecule has 124 valence electrons. The van der Waals surface area contributed by atoms with Crippen LogP contribution in [-0.4, -0.2) is 24.1 Å². The fourth-order valence-corrected chi connectivity index (χ4v) is 2.97. The van der Waals surface area contributed by atoms with E-state index in [1.807, 2.05) is 12.1 Å². The molecule has 0 bridgehead atoms. The molecule has 1 atom stereocenters. The summed E-state index contributed by atoms with van der Waals surface area (Å²) in [5.41, 5.74) is 0.763. The third-order valence-corrected chi connectivity index (χ3v) is 4.27. The normalized spacial score (nSPS) is 12.0. The Morgan fingerprint density at radius 3 is 2.83 bits per heavy atom. The first kappa shape index (κ1) is 16.2. The van der Waals surface area contributed by atoms with Crippen LogP contribution in [0.1, 0.15) is 6.92 Å². The predicted octanol–water partition coefficient (Wildman–Crippen LogP) is 3.85. The van der Waals surface area contributed by atoms with Gasteiger partial charge in [0.1, 0.15) is 5.75 Å². The van der Waals surface area contributed by atoms with Gasteiger partial charge >= 0.3 is 0 Å². The van der Waals surface area contributed by atoms with Crippen LogP contribution >= 0.6 is 11.3 Å². The first-order valence-electron chi connectivity index (χ1n) is 7.23. The van der Waals surface area contributed by atoms with Gasteiger partial charge in [0, 0.05) is 0 Å². The third kappa shape index (κ3) is 3.46. The van der Waals surface area contributed by atoms with E-state index in [0.29, 0.717) is 5.13 Å². The number of rotatable bonds is 5. The zero-order valence-electron chi connectivity index (χ0n) is 13.1. The summed E-state index contributed by atoms with van der Waals surface area (Å²) in [7, 11) is 1.59. The van der Waals surface area contributed by atoms with Crippen LogP contribution in [0.4, 0.5) is 9.52 Å². The minimum absolute atomic E-state index is 0.0363. The molecule has 1 unspecified atom stereocenters. The Balaban J connectivity index is 1.71. The van der Waals surface area contributed by atoms with Gasteiger partial charge in [0.25, 0.3) is 5.91 Å². The topological polar surface area (TPSA) is 60.5 Å². The Hall–Kier alpha value is -2.67. The van der Waals surface area contributed by atoms with Gasteiger partial charge in [-0.15, -0.1) is 0 Å². The summed E-state index contributed by atoms with van der Waals surface area (Å²) < 4.78 is 25.0. The second-order valence-electron chi connectivity index (χ2n) is 5.03. The number of halogens is 1. The lowest BCUT2D eigenvalue weighted by molar-refractivity contribution is -0.122. The van der Waals surface area contributed by atoms with Gasteiger partial charge in [0.2, 0.25) is 0 Å². The standard InChI is InChI=1S/C17H15FN2O3S/c1-10(23-14-6-4-3-5-12(14)18)16(21)20-17-19-13-8-7-11(22-2)9-15(13)24-17/h3-10H,1-2H3,(H,19,20,21). The number of hydrogen-bond donors (Lipinski definition) is 1. The highest BCUT2D eigenvalue weighted by Gasteiger charge is 2.18. The molecule has 24 heavy (non-hydrogen) atoms. The lowest BCUT2D eigenvalue weighted by Crippen LogP contribution is -2.30. The Bertz CT molecular complexity index is 881. The van der Waals surface area contributed by atoms with Crippen molar-refractivity contribution in [2.24, 2.45) is 0 Å². The molecule has 3 aromatic rings. The highest BCUT2D eigenvalue weighted by molar-refractivity contribution is 7.22. The number of fused-ring (bicyclic) bond motifs is 1. The monoisotopic (exact) mass is 346 g/mol. The largest absolute Gasteiger partial charge is 0.497 e. The van der Waals surface area contributed by atoms with Crippen LogP contribution in [0, 0.1) is 5.82 Å². The number of carbonyl (C=O) groups excluding carboxylic acids is 1. The number of benzene rings is 2. The molecule has 1 amide bonds. The summed E-state index contributed by atoms with van der Waals surface area (Å²) in [4.78, 5) is 16.5. The van der Waals surface area contributed by atoms with Gasteiger partial charge in [-0.2, -0.15) is 0 Å². The summed E-state index contributed by atoms with van der Waals surface area (Å²) in [6.45, 7) is 1.55. The fraction of sp³-hybridized carbons (Fsp3) is 0.176. The molecule has 0 saturated heterocycles. The van der Waals surface area contributed by atoms with E-state index >= 15 is 0 Å². The molecular formula is C17H15FN2O3S. The van der Waals surface area contributed by atoms with Crippen molar-refractivity contribution in [2.75, 3.05) is 12.4 Å². The van der Waals surface area contributed by atoms with E-state index < -0.39 is 17.8 Å². The van der Waals surface area contributed by atoms with Crippen LogP contribution in [0.3, 0.4) is 0 Å². The van der Waals surface area contributed by atoms with Gasteiger partial charge in [-0.05, 0) is 37.3 Å². The summed E-state index contributed by atoms with van der Waals surface area (Å²) in [6, 6.07) is 11.4. The maximum atomic E-state index is 13.6. The van der Waals surface area contributed by atoms with Gasteiger partial charge in [0.15, 0.2) is 22.8 Å². The van der Waals surface area contributed by atoms with Crippen LogP contribution in [0.15, 0.2) is 42.5 Å². The first-order chi connectivity index (χ1) is 11.6. The van der Waals surface area contributed by atoms with Crippen LogP contribution in [-0.2, 0) is 4.79 Å². The van der Waals surface area contributed by atoms with Crippen molar-refractivity contribution < 1.29 is 18.7 Å². The highest BCUT2D eigenvalue weighted by atomic mass is 32.1. The average Bonchev–Trinajstić information content (AvgIpc) is 2.97. The fourth-order valence-electron chi connectivity index (χ4n) is 2.08. The Labute approximate surface area is 142 Å².